The highest BCUT2D eigenvalue weighted by atomic mass is 32.2. The zero-order chi connectivity index (χ0) is 14.5. The van der Waals surface area contributed by atoms with Gasteiger partial charge in [0.25, 0.3) is 0 Å². The van der Waals surface area contributed by atoms with Crippen LogP contribution < -0.4 is 5.73 Å². The van der Waals surface area contributed by atoms with E-state index >= 15 is 0 Å². The molecule has 2 rings (SSSR count). The van der Waals surface area contributed by atoms with Gasteiger partial charge in [-0.05, 0) is 36.6 Å². The zero-order valence-electron chi connectivity index (χ0n) is 11.8. The first-order valence-electron chi connectivity index (χ1n) is 6.85. The normalized spacial score (nSPS) is 14.0. The molecule has 0 aliphatic carbocycles. The van der Waals surface area contributed by atoms with Crippen molar-refractivity contribution in [2.75, 3.05) is 0 Å². The molecular formula is C17H20FNS. The Hall–Kier alpha value is -1.32. The fourth-order valence-corrected chi connectivity index (χ4v) is 3.55. The Morgan fingerprint density at radius 3 is 2.40 bits per heavy atom. The summed E-state index contributed by atoms with van der Waals surface area (Å²) in [4.78, 5) is 0.657. The summed E-state index contributed by atoms with van der Waals surface area (Å²) >= 11 is 1.52. The van der Waals surface area contributed by atoms with E-state index in [9.17, 15) is 4.39 Å². The molecule has 106 valence electrons. The van der Waals surface area contributed by atoms with Gasteiger partial charge < -0.3 is 5.73 Å². The van der Waals surface area contributed by atoms with E-state index in [0.29, 0.717) is 4.90 Å². The molecule has 0 radical (unpaired) electrons. The number of hydrogen-bond donors (Lipinski definition) is 1. The molecule has 0 saturated carbocycles. The monoisotopic (exact) mass is 289 g/mol. The number of thioether (sulfide) groups is 1. The largest absolute Gasteiger partial charge is 0.326 e. The van der Waals surface area contributed by atoms with Gasteiger partial charge in [-0.15, -0.1) is 11.8 Å². The molecule has 0 aliphatic heterocycles. The maximum absolute atomic E-state index is 13.9. The fourth-order valence-electron chi connectivity index (χ4n) is 2.18. The van der Waals surface area contributed by atoms with E-state index in [1.807, 2.05) is 24.3 Å². The first kappa shape index (κ1) is 15.1. The third-order valence-corrected chi connectivity index (χ3v) is 4.89. The summed E-state index contributed by atoms with van der Waals surface area (Å²) in [6.07, 6.45) is 0.862. The maximum atomic E-state index is 13.9. The van der Waals surface area contributed by atoms with Gasteiger partial charge in [0.05, 0.1) is 0 Å². The summed E-state index contributed by atoms with van der Waals surface area (Å²) in [5.74, 6) is -0.181. The Morgan fingerprint density at radius 2 is 1.75 bits per heavy atom. The van der Waals surface area contributed by atoms with Crippen molar-refractivity contribution in [2.45, 2.75) is 36.5 Å². The Morgan fingerprint density at radius 1 is 1.10 bits per heavy atom. The highest BCUT2D eigenvalue weighted by Gasteiger charge is 2.22. The van der Waals surface area contributed by atoms with Gasteiger partial charge in [-0.3, -0.25) is 0 Å². The number of aryl methyl sites for hydroxylation is 1. The average molecular weight is 289 g/mol. The molecule has 0 aromatic heterocycles. The summed E-state index contributed by atoms with van der Waals surface area (Å²) in [5, 5.41) is 0.0677. The molecule has 0 fully saturated rings. The molecule has 0 spiro atoms. The van der Waals surface area contributed by atoms with E-state index in [4.69, 9.17) is 5.73 Å². The van der Waals surface area contributed by atoms with Crippen LogP contribution in [-0.2, 0) is 0 Å². The number of nitrogens with two attached hydrogens (primary N) is 1. The first-order valence-corrected chi connectivity index (χ1v) is 7.73. The van der Waals surface area contributed by atoms with Crippen molar-refractivity contribution < 1.29 is 4.39 Å². The summed E-state index contributed by atoms with van der Waals surface area (Å²) < 4.78 is 13.9. The van der Waals surface area contributed by atoms with Crippen molar-refractivity contribution in [3.05, 3.63) is 65.5 Å². The standard InChI is InChI=1S/C17H20FNS/c1-3-15(19)17(13-9-5-4-8-12(13)2)20-16-11-7-6-10-14(16)18/h4-11,15,17H,3,19H2,1-2H3. The molecule has 0 aliphatic rings. The molecule has 2 aromatic carbocycles. The SMILES string of the molecule is CCC(N)C(Sc1ccccc1F)c1ccccc1C. The molecule has 3 heteroatoms. The number of benzene rings is 2. The summed E-state index contributed by atoms with van der Waals surface area (Å²) in [6.45, 7) is 4.14. The first-order chi connectivity index (χ1) is 9.63. The topological polar surface area (TPSA) is 26.0 Å². The van der Waals surface area contributed by atoms with Gasteiger partial charge in [-0.25, -0.2) is 4.39 Å². The highest BCUT2D eigenvalue weighted by Crippen LogP contribution is 2.40. The lowest BCUT2D eigenvalue weighted by atomic mass is 10.00. The van der Waals surface area contributed by atoms with Crippen LogP contribution in [0.15, 0.2) is 53.4 Å². The van der Waals surface area contributed by atoms with Crippen LogP contribution in [0, 0.1) is 12.7 Å². The second kappa shape index (κ2) is 6.91. The Balaban J connectivity index is 2.35. The summed E-state index contributed by atoms with van der Waals surface area (Å²) in [7, 11) is 0. The molecule has 2 unspecified atom stereocenters. The van der Waals surface area contributed by atoms with Crippen LogP contribution in [0.1, 0.15) is 29.7 Å². The second-order valence-corrected chi connectivity index (χ2v) is 6.08. The van der Waals surface area contributed by atoms with Gasteiger partial charge in [0.15, 0.2) is 0 Å². The van der Waals surface area contributed by atoms with Crippen molar-refractivity contribution in [1.82, 2.24) is 0 Å². The van der Waals surface area contributed by atoms with Crippen LogP contribution in [0.3, 0.4) is 0 Å². The molecule has 0 amide bonds. The minimum Gasteiger partial charge on any atom is -0.326 e. The van der Waals surface area contributed by atoms with E-state index in [1.54, 1.807) is 6.07 Å². The van der Waals surface area contributed by atoms with Gasteiger partial charge in [0.2, 0.25) is 0 Å². The highest BCUT2D eigenvalue weighted by molar-refractivity contribution is 7.99. The van der Waals surface area contributed by atoms with Crippen molar-refractivity contribution in [3.63, 3.8) is 0 Å². The maximum Gasteiger partial charge on any atom is 0.136 e. The Kier molecular flexibility index (Phi) is 5.21. The predicted octanol–water partition coefficient (Wildman–Crippen LogP) is 4.70. The van der Waals surface area contributed by atoms with Gasteiger partial charge in [0, 0.05) is 16.2 Å². The van der Waals surface area contributed by atoms with Crippen LogP contribution in [0.5, 0.6) is 0 Å². The smallest absolute Gasteiger partial charge is 0.136 e. The van der Waals surface area contributed by atoms with E-state index in [1.165, 1.54) is 29.0 Å². The minimum absolute atomic E-state index is 0.000654. The van der Waals surface area contributed by atoms with Crippen LogP contribution in [0.4, 0.5) is 4.39 Å². The molecular weight excluding hydrogens is 269 g/mol. The molecule has 1 nitrogen and oxygen atoms in total. The van der Waals surface area contributed by atoms with Gasteiger partial charge in [0.1, 0.15) is 5.82 Å². The third-order valence-electron chi connectivity index (χ3n) is 3.45. The van der Waals surface area contributed by atoms with E-state index in [0.717, 1.165) is 6.42 Å². The van der Waals surface area contributed by atoms with Gasteiger partial charge in [-0.1, -0.05) is 43.3 Å². The lowest BCUT2D eigenvalue weighted by Gasteiger charge is -2.24. The third kappa shape index (κ3) is 3.41. The molecule has 0 saturated heterocycles. The van der Waals surface area contributed by atoms with Crippen molar-refractivity contribution in [1.29, 1.82) is 0 Å². The van der Waals surface area contributed by atoms with Crippen LogP contribution in [-0.4, -0.2) is 6.04 Å². The quantitative estimate of drug-likeness (QED) is 0.807. The van der Waals surface area contributed by atoms with Crippen molar-refractivity contribution >= 4 is 11.8 Å². The average Bonchev–Trinajstić information content (AvgIpc) is 2.47. The minimum atomic E-state index is -0.181. The number of rotatable bonds is 5. The van der Waals surface area contributed by atoms with Crippen LogP contribution in [0.25, 0.3) is 0 Å². The molecule has 2 atom stereocenters. The predicted molar refractivity (Wildman–Crippen MR) is 84.4 cm³/mol. The summed E-state index contributed by atoms with van der Waals surface area (Å²) in [5.41, 5.74) is 8.66. The van der Waals surface area contributed by atoms with Gasteiger partial charge in [-0.2, -0.15) is 0 Å². The lowest BCUT2D eigenvalue weighted by Crippen LogP contribution is -2.26. The van der Waals surface area contributed by atoms with E-state index < -0.39 is 0 Å². The van der Waals surface area contributed by atoms with Crippen LogP contribution >= 0.6 is 11.8 Å². The molecule has 2 aromatic rings. The van der Waals surface area contributed by atoms with E-state index in [2.05, 4.69) is 26.0 Å². The molecule has 20 heavy (non-hydrogen) atoms. The fraction of sp³-hybridized carbons (Fsp3) is 0.294. The second-order valence-electron chi connectivity index (χ2n) is 4.90. The summed E-state index contributed by atoms with van der Waals surface area (Å²) in [6, 6.07) is 15.1. The molecule has 0 bridgehead atoms. The Bertz CT molecular complexity index is 570. The van der Waals surface area contributed by atoms with E-state index in [-0.39, 0.29) is 17.1 Å². The Labute approximate surface area is 124 Å². The number of hydrogen-bond acceptors (Lipinski definition) is 2. The molecule has 2 N–H and O–H groups in total. The van der Waals surface area contributed by atoms with Crippen molar-refractivity contribution in [2.24, 2.45) is 5.73 Å². The van der Waals surface area contributed by atoms with Crippen molar-refractivity contribution in [3.8, 4) is 0 Å². The van der Waals surface area contributed by atoms with Gasteiger partial charge >= 0.3 is 0 Å². The van der Waals surface area contributed by atoms with Crippen LogP contribution in [0.2, 0.25) is 0 Å². The number of halogens is 1. The lowest BCUT2D eigenvalue weighted by molar-refractivity contribution is 0.597. The zero-order valence-corrected chi connectivity index (χ0v) is 12.7. The molecule has 0 heterocycles.